The van der Waals surface area contributed by atoms with Crippen molar-refractivity contribution in [1.29, 1.82) is 5.41 Å². The number of rotatable bonds is 16. The van der Waals surface area contributed by atoms with E-state index in [1.54, 1.807) is 0 Å². The molecule has 51 heavy (non-hydrogen) atoms. The summed E-state index contributed by atoms with van der Waals surface area (Å²) in [7, 11) is 1.36. The van der Waals surface area contributed by atoms with Crippen LogP contribution in [0, 0.1) is 11.2 Å². The van der Waals surface area contributed by atoms with Crippen molar-refractivity contribution in [3.63, 3.8) is 0 Å². The number of halogens is 2. The standard InChI is InChI=1S/C32H40F2N8O9/c1-5-13-48-30(44)41-26(35)19-6-8-20(9-7-19)39-25(22-15-21(46-4)16-23(24(22)34)47-14-12-43)27(36)40-29(42-28-37-10-11-38-28)49-18-50-31(45)51-32(2,3)17-33/h6-11,15-16,25,39,43H,5,12-14,17-18H2,1-4H3,(H2,35,41,44)(H3,36,37,38,40,42)/t25-/m1/s1. The third-order valence-corrected chi connectivity index (χ3v) is 6.34. The zero-order chi connectivity index (χ0) is 37.4. The number of nitrogens with two attached hydrogens (primary N) is 1. The zero-order valence-corrected chi connectivity index (χ0v) is 28.3. The lowest BCUT2D eigenvalue weighted by atomic mass is 10.0. The molecule has 17 nitrogen and oxygen atoms in total. The molecule has 1 aromatic heterocycles. The topological polar surface area (TPSA) is 237 Å². The number of aliphatic hydroxyl groups excluding tert-OH is 1. The molecule has 0 aliphatic carbocycles. The van der Waals surface area contributed by atoms with Gasteiger partial charge >= 0.3 is 18.3 Å². The number of hydrogen-bond acceptors (Lipinski definition) is 13. The summed E-state index contributed by atoms with van der Waals surface area (Å²) in [6.07, 6.45) is 1.47. The number of hydrogen-bond donors (Lipinski definition) is 6. The molecule has 0 unspecified atom stereocenters. The van der Waals surface area contributed by atoms with Gasteiger partial charge in [-0.2, -0.15) is 9.98 Å². The number of ether oxygens (including phenoxy) is 6. The second-order valence-electron chi connectivity index (χ2n) is 10.9. The number of carbonyl (C=O) groups excluding carboxylic acids is 2. The summed E-state index contributed by atoms with van der Waals surface area (Å²) in [6.45, 7) is 2.33. The van der Waals surface area contributed by atoms with Crippen molar-refractivity contribution >= 4 is 41.6 Å². The Morgan fingerprint density at radius 1 is 1.16 bits per heavy atom. The van der Waals surface area contributed by atoms with E-state index < -0.39 is 55.8 Å². The number of imidazole rings is 1. The quantitative estimate of drug-likeness (QED) is 0.0521. The molecule has 0 aliphatic rings. The summed E-state index contributed by atoms with van der Waals surface area (Å²) in [6, 6.07) is 6.94. The molecule has 1 heterocycles. The Hall–Kier alpha value is -5.98. The van der Waals surface area contributed by atoms with E-state index in [2.05, 4.69) is 30.6 Å². The molecular weight excluding hydrogens is 678 g/mol. The van der Waals surface area contributed by atoms with Crippen LogP contribution in [-0.2, 0) is 18.9 Å². The lowest BCUT2D eigenvalue weighted by molar-refractivity contribution is -0.0528. The van der Waals surface area contributed by atoms with Gasteiger partial charge in [-0.25, -0.2) is 23.4 Å². The number of nitrogens with one attached hydrogen (secondary N) is 4. The summed E-state index contributed by atoms with van der Waals surface area (Å²) in [5.74, 6) is -1.50. The number of aliphatic hydroxyl groups is 1. The molecule has 276 valence electrons. The fraction of sp³-hybridized carbons (Fsp3) is 0.375. The molecule has 7 N–H and O–H groups in total. The molecule has 19 heteroatoms. The van der Waals surface area contributed by atoms with E-state index in [0.717, 1.165) is 0 Å². The molecule has 0 saturated heterocycles. The minimum Gasteiger partial charge on any atom is -0.497 e. The number of anilines is 1. The number of alkyl halides is 1. The minimum absolute atomic E-state index is 0.0182. The van der Waals surface area contributed by atoms with Gasteiger partial charge in [0.05, 0.1) is 20.3 Å². The normalized spacial score (nSPS) is 12.4. The van der Waals surface area contributed by atoms with Crippen LogP contribution in [-0.4, -0.2) is 91.0 Å². The molecule has 3 rings (SSSR count). The van der Waals surface area contributed by atoms with Gasteiger partial charge in [-0.1, -0.05) is 6.92 Å². The van der Waals surface area contributed by atoms with Crippen LogP contribution in [0.2, 0.25) is 0 Å². The van der Waals surface area contributed by atoms with Crippen LogP contribution < -0.4 is 25.8 Å². The Bertz CT molecular complexity index is 1670. The molecule has 1 amide bonds. The Balaban J connectivity index is 2.00. The van der Waals surface area contributed by atoms with Crippen molar-refractivity contribution in [3.8, 4) is 11.5 Å². The number of amidine groups is 3. The van der Waals surface area contributed by atoms with E-state index in [1.165, 1.54) is 69.7 Å². The molecular formula is C32H40F2N8O9. The minimum atomic E-state index is -1.44. The molecule has 0 aliphatic heterocycles. The van der Waals surface area contributed by atoms with E-state index >= 15 is 4.39 Å². The molecule has 3 aromatic rings. The van der Waals surface area contributed by atoms with Crippen LogP contribution in [0.15, 0.2) is 58.8 Å². The molecule has 0 bridgehead atoms. The number of benzene rings is 2. The maximum absolute atomic E-state index is 16.0. The van der Waals surface area contributed by atoms with Gasteiger partial charge < -0.3 is 49.6 Å². The fourth-order valence-corrected chi connectivity index (χ4v) is 3.88. The first-order chi connectivity index (χ1) is 24.4. The fourth-order valence-electron chi connectivity index (χ4n) is 3.88. The average Bonchev–Trinajstić information content (AvgIpc) is 3.62. The van der Waals surface area contributed by atoms with Gasteiger partial charge in [0.1, 0.15) is 42.3 Å². The van der Waals surface area contributed by atoms with Crippen molar-refractivity contribution in [2.75, 3.05) is 45.7 Å². The molecule has 1 atom stereocenters. The number of alkyl carbamates (subject to hydrolysis) is 1. The first-order valence-electron chi connectivity index (χ1n) is 15.4. The smallest absolute Gasteiger partial charge is 0.497 e. The number of aromatic nitrogens is 2. The molecule has 2 aromatic carbocycles. The number of carbonyl (C=O) groups is 2. The van der Waals surface area contributed by atoms with Crippen LogP contribution in [0.4, 0.5) is 30.0 Å². The van der Waals surface area contributed by atoms with Gasteiger partial charge in [-0.05, 0) is 50.6 Å². The maximum Gasteiger partial charge on any atom is 0.511 e. The van der Waals surface area contributed by atoms with Crippen molar-refractivity contribution < 1.29 is 51.9 Å². The monoisotopic (exact) mass is 718 g/mol. The lowest BCUT2D eigenvalue weighted by Crippen LogP contribution is -2.32. The molecule has 0 fully saturated rings. The second-order valence-corrected chi connectivity index (χ2v) is 10.9. The Labute approximate surface area is 291 Å². The number of aliphatic imine (C=N–C) groups is 2. The predicted octanol–water partition coefficient (Wildman–Crippen LogP) is 4.46. The third-order valence-electron chi connectivity index (χ3n) is 6.34. The lowest BCUT2D eigenvalue weighted by Gasteiger charge is -2.23. The largest absolute Gasteiger partial charge is 0.511 e. The summed E-state index contributed by atoms with van der Waals surface area (Å²) >= 11 is 0. The number of H-pyrrole nitrogens is 1. The van der Waals surface area contributed by atoms with Crippen molar-refractivity contribution in [1.82, 2.24) is 15.3 Å². The average molecular weight is 719 g/mol. The van der Waals surface area contributed by atoms with Crippen LogP contribution in [0.3, 0.4) is 0 Å². The number of aromatic amines is 1. The predicted molar refractivity (Wildman–Crippen MR) is 181 cm³/mol. The number of nitrogens with zero attached hydrogens (tertiary/aromatic N) is 3. The molecule has 0 radical (unpaired) electrons. The van der Waals surface area contributed by atoms with Crippen LogP contribution in [0.5, 0.6) is 11.5 Å². The Morgan fingerprint density at radius 3 is 2.53 bits per heavy atom. The maximum atomic E-state index is 16.0. The second kappa shape index (κ2) is 19.3. The summed E-state index contributed by atoms with van der Waals surface area (Å²) in [5, 5.41) is 22.9. The Kier molecular flexibility index (Phi) is 14.9. The highest BCUT2D eigenvalue weighted by molar-refractivity contribution is 6.04. The SMILES string of the molecule is CCCOC(=O)NC(=N)c1ccc(N[C@@H](C(N)=NC(=Nc2ncc[nH]2)OCOC(=O)OC(C)(C)CF)c2cc(OC)cc(OCCO)c2F)cc1. The van der Waals surface area contributed by atoms with E-state index in [4.69, 9.17) is 39.6 Å². The highest BCUT2D eigenvalue weighted by atomic mass is 19.1. The zero-order valence-electron chi connectivity index (χ0n) is 28.3. The Morgan fingerprint density at radius 2 is 1.90 bits per heavy atom. The molecule has 0 spiro atoms. The van der Waals surface area contributed by atoms with Crippen molar-refractivity contribution in [2.45, 2.75) is 38.8 Å². The van der Waals surface area contributed by atoms with Crippen molar-refractivity contribution in [2.24, 2.45) is 15.7 Å². The van der Waals surface area contributed by atoms with Gasteiger partial charge in [0.2, 0.25) is 12.7 Å². The van der Waals surface area contributed by atoms with Crippen LogP contribution in [0.25, 0.3) is 0 Å². The highest BCUT2D eigenvalue weighted by Gasteiger charge is 2.26. The van der Waals surface area contributed by atoms with Gasteiger partial charge in [-0.3, -0.25) is 10.7 Å². The summed E-state index contributed by atoms with van der Waals surface area (Å²) < 4.78 is 60.0. The summed E-state index contributed by atoms with van der Waals surface area (Å²) in [4.78, 5) is 39.0. The third kappa shape index (κ3) is 12.4. The summed E-state index contributed by atoms with van der Waals surface area (Å²) in [5.41, 5.74) is 5.60. The van der Waals surface area contributed by atoms with E-state index in [9.17, 15) is 19.1 Å². The van der Waals surface area contributed by atoms with Gasteiger partial charge in [0, 0.05) is 35.3 Å². The van der Waals surface area contributed by atoms with Gasteiger partial charge in [0.15, 0.2) is 11.6 Å². The molecule has 0 saturated carbocycles. The van der Waals surface area contributed by atoms with Gasteiger partial charge in [0.25, 0.3) is 0 Å². The van der Waals surface area contributed by atoms with Crippen LogP contribution >= 0.6 is 0 Å². The first kappa shape index (κ1) is 39.5. The van der Waals surface area contributed by atoms with E-state index in [1.807, 2.05) is 6.92 Å². The first-order valence-corrected chi connectivity index (χ1v) is 15.4. The van der Waals surface area contributed by atoms with E-state index in [0.29, 0.717) is 17.7 Å². The van der Waals surface area contributed by atoms with Crippen LogP contribution in [0.1, 0.15) is 44.4 Å². The number of amides is 1. The van der Waals surface area contributed by atoms with E-state index in [-0.39, 0.29) is 47.9 Å². The van der Waals surface area contributed by atoms with Crippen molar-refractivity contribution in [3.05, 3.63) is 65.7 Å². The number of methoxy groups -OCH3 is 1. The highest BCUT2D eigenvalue weighted by Crippen LogP contribution is 2.33. The van der Waals surface area contributed by atoms with Gasteiger partial charge in [-0.15, -0.1) is 0 Å².